The average molecular weight is 293 g/mol. The van der Waals surface area contributed by atoms with E-state index >= 15 is 0 Å². The molecule has 0 atom stereocenters. The molecule has 0 heterocycles. The fourth-order valence-corrected chi connectivity index (χ4v) is 2.01. The van der Waals surface area contributed by atoms with Gasteiger partial charge in [0.15, 0.2) is 0 Å². The Balaban J connectivity index is 2.44. The molecule has 1 aromatic carbocycles. The molecule has 0 saturated carbocycles. The van der Waals surface area contributed by atoms with E-state index in [0.29, 0.717) is 25.0 Å². The van der Waals surface area contributed by atoms with Crippen LogP contribution in [0.5, 0.6) is 5.75 Å². The van der Waals surface area contributed by atoms with Crippen LogP contribution in [0, 0.1) is 18.8 Å². The first kappa shape index (κ1) is 18.0. The van der Waals surface area contributed by atoms with Gasteiger partial charge >= 0.3 is 0 Å². The topological polar surface area (TPSA) is 30.5 Å². The van der Waals surface area contributed by atoms with Crippen molar-refractivity contribution in [1.82, 2.24) is 5.32 Å². The Morgan fingerprint density at radius 1 is 1.05 bits per heavy atom. The van der Waals surface area contributed by atoms with E-state index in [4.69, 9.17) is 9.47 Å². The molecule has 0 aliphatic rings. The Bertz CT molecular complexity index is 402. The molecule has 0 saturated heterocycles. The Morgan fingerprint density at radius 3 is 2.48 bits per heavy atom. The number of aryl methyl sites for hydroxylation is 1. The van der Waals surface area contributed by atoms with Crippen molar-refractivity contribution in [2.75, 3.05) is 26.4 Å². The van der Waals surface area contributed by atoms with E-state index < -0.39 is 0 Å². The Kier molecular flexibility index (Phi) is 8.40. The quantitative estimate of drug-likeness (QED) is 0.666. The van der Waals surface area contributed by atoms with Crippen LogP contribution in [0.4, 0.5) is 0 Å². The smallest absolute Gasteiger partial charge is 0.123 e. The van der Waals surface area contributed by atoms with Crippen LogP contribution in [0.1, 0.15) is 38.8 Å². The highest BCUT2D eigenvalue weighted by molar-refractivity contribution is 5.36. The molecule has 0 bridgehead atoms. The minimum atomic E-state index is 0.570. The van der Waals surface area contributed by atoms with Gasteiger partial charge in [-0.1, -0.05) is 45.4 Å². The van der Waals surface area contributed by atoms with Crippen molar-refractivity contribution >= 4 is 0 Å². The monoisotopic (exact) mass is 293 g/mol. The number of hydrogen-bond acceptors (Lipinski definition) is 3. The van der Waals surface area contributed by atoms with Crippen molar-refractivity contribution in [2.24, 2.45) is 11.8 Å². The second-order valence-electron chi connectivity index (χ2n) is 6.45. The molecule has 1 rings (SSSR count). The van der Waals surface area contributed by atoms with E-state index in [1.807, 2.05) is 0 Å². The van der Waals surface area contributed by atoms with E-state index in [0.717, 1.165) is 25.4 Å². The van der Waals surface area contributed by atoms with Crippen molar-refractivity contribution in [1.29, 1.82) is 0 Å². The first-order chi connectivity index (χ1) is 9.99. The molecule has 1 aromatic rings. The van der Waals surface area contributed by atoms with E-state index in [9.17, 15) is 0 Å². The third kappa shape index (κ3) is 8.08. The molecule has 21 heavy (non-hydrogen) atoms. The van der Waals surface area contributed by atoms with Crippen LogP contribution in [0.2, 0.25) is 0 Å². The average Bonchev–Trinajstić information content (AvgIpc) is 2.39. The summed E-state index contributed by atoms with van der Waals surface area (Å²) in [6.07, 6.45) is 0. The van der Waals surface area contributed by atoms with Gasteiger partial charge in [-0.05, 0) is 31.4 Å². The predicted molar refractivity (Wildman–Crippen MR) is 88.9 cm³/mol. The van der Waals surface area contributed by atoms with Gasteiger partial charge in [-0.15, -0.1) is 0 Å². The largest absolute Gasteiger partial charge is 0.491 e. The molecule has 3 nitrogen and oxygen atoms in total. The van der Waals surface area contributed by atoms with Crippen LogP contribution in [-0.4, -0.2) is 26.4 Å². The fraction of sp³-hybridized carbons (Fsp3) is 0.667. The van der Waals surface area contributed by atoms with Crippen LogP contribution in [0.3, 0.4) is 0 Å². The lowest BCUT2D eigenvalue weighted by molar-refractivity contribution is 0.0816. The molecular weight excluding hydrogens is 262 g/mol. The number of benzene rings is 1. The maximum atomic E-state index is 5.87. The summed E-state index contributed by atoms with van der Waals surface area (Å²) in [7, 11) is 0. The van der Waals surface area contributed by atoms with Gasteiger partial charge in [0.1, 0.15) is 12.4 Å². The Morgan fingerprint density at radius 2 is 1.81 bits per heavy atom. The number of hydrogen-bond donors (Lipinski definition) is 1. The summed E-state index contributed by atoms with van der Waals surface area (Å²) in [4.78, 5) is 0. The van der Waals surface area contributed by atoms with E-state index in [1.54, 1.807) is 0 Å². The summed E-state index contributed by atoms with van der Waals surface area (Å²) < 4.78 is 11.4. The lowest BCUT2D eigenvalue weighted by Gasteiger charge is -2.14. The third-order valence-corrected chi connectivity index (χ3v) is 3.02. The lowest BCUT2D eigenvalue weighted by atomic mass is 10.1. The minimum Gasteiger partial charge on any atom is -0.491 e. The van der Waals surface area contributed by atoms with Crippen molar-refractivity contribution in [3.05, 3.63) is 29.3 Å². The zero-order chi connectivity index (χ0) is 15.7. The molecule has 1 N–H and O–H groups in total. The van der Waals surface area contributed by atoms with Crippen LogP contribution in [-0.2, 0) is 11.3 Å². The molecule has 0 unspecified atom stereocenters. The van der Waals surface area contributed by atoms with Crippen molar-refractivity contribution in [3.63, 3.8) is 0 Å². The van der Waals surface area contributed by atoms with Gasteiger partial charge in [0.2, 0.25) is 0 Å². The van der Waals surface area contributed by atoms with Gasteiger partial charge in [-0.3, -0.25) is 0 Å². The van der Waals surface area contributed by atoms with Crippen LogP contribution in [0.25, 0.3) is 0 Å². The number of ether oxygens (including phenoxy) is 2. The standard InChI is InChI=1S/C18H31NO2/c1-14(2)11-19-12-17-10-16(5)6-7-18(17)21-9-8-20-13-15(3)4/h6-7,10,14-15,19H,8-9,11-13H2,1-5H3. The number of nitrogens with one attached hydrogen (secondary N) is 1. The zero-order valence-electron chi connectivity index (χ0n) is 14.2. The molecule has 0 aromatic heterocycles. The third-order valence-electron chi connectivity index (χ3n) is 3.02. The first-order valence-corrected chi connectivity index (χ1v) is 7.99. The molecule has 0 amide bonds. The van der Waals surface area contributed by atoms with Crippen molar-refractivity contribution in [2.45, 2.75) is 41.2 Å². The van der Waals surface area contributed by atoms with Gasteiger partial charge in [-0.2, -0.15) is 0 Å². The predicted octanol–water partition coefficient (Wildman–Crippen LogP) is 3.79. The Labute approximate surface area is 130 Å². The van der Waals surface area contributed by atoms with Crippen LogP contribution in [0.15, 0.2) is 18.2 Å². The van der Waals surface area contributed by atoms with Gasteiger partial charge in [0.05, 0.1) is 6.61 Å². The SMILES string of the molecule is Cc1ccc(OCCOCC(C)C)c(CNCC(C)C)c1. The maximum absolute atomic E-state index is 5.87. The van der Waals surface area contributed by atoms with Crippen molar-refractivity contribution < 1.29 is 9.47 Å². The molecule has 120 valence electrons. The zero-order valence-corrected chi connectivity index (χ0v) is 14.2. The van der Waals surface area contributed by atoms with Crippen LogP contribution >= 0.6 is 0 Å². The van der Waals surface area contributed by atoms with E-state index in [1.165, 1.54) is 11.1 Å². The highest BCUT2D eigenvalue weighted by atomic mass is 16.5. The lowest BCUT2D eigenvalue weighted by Crippen LogP contribution is -2.20. The normalized spacial score (nSPS) is 11.4. The summed E-state index contributed by atoms with van der Waals surface area (Å²) in [5.41, 5.74) is 2.49. The summed E-state index contributed by atoms with van der Waals surface area (Å²) in [5.74, 6) is 2.19. The molecule has 0 aliphatic carbocycles. The number of rotatable bonds is 10. The van der Waals surface area contributed by atoms with Gasteiger partial charge in [0, 0.05) is 18.7 Å². The molecule has 0 fully saturated rings. The van der Waals surface area contributed by atoms with Crippen molar-refractivity contribution in [3.8, 4) is 5.75 Å². The molecule has 0 aliphatic heterocycles. The first-order valence-electron chi connectivity index (χ1n) is 7.99. The molecular formula is C18H31NO2. The summed E-state index contributed by atoms with van der Waals surface area (Å²) >= 11 is 0. The second kappa shape index (κ2) is 9.80. The van der Waals surface area contributed by atoms with Gasteiger partial charge in [0.25, 0.3) is 0 Å². The Hall–Kier alpha value is -1.06. The highest BCUT2D eigenvalue weighted by Gasteiger charge is 2.05. The fourth-order valence-electron chi connectivity index (χ4n) is 2.01. The van der Waals surface area contributed by atoms with E-state index in [2.05, 4.69) is 58.1 Å². The molecule has 0 spiro atoms. The second-order valence-corrected chi connectivity index (χ2v) is 6.45. The minimum absolute atomic E-state index is 0.570. The molecule has 0 radical (unpaired) electrons. The maximum Gasteiger partial charge on any atom is 0.123 e. The summed E-state index contributed by atoms with van der Waals surface area (Å²) in [6, 6.07) is 6.35. The summed E-state index contributed by atoms with van der Waals surface area (Å²) in [6.45, 7) is 14.8. The van der Waals surface area contributed by atoms with Gasteiger partial charge in [-0.25, -0.2) is 0 Å². The van der Waals surface area contributed by atoms with Crippen LogP contribution < -0.4 is 10.1 Å². The van der Waals surface area contributed by atoms with E-state index in [-0.39, 0.29) is 0 Å². The van der Waals surface area contributed by atoms with Gasteiger partial charge < -0.3 is 14.8 Å². The highest BCUT2D eigenvalue weighted by Crippen LogP contribution is 2.20. The molecule has 3 heteroatoms. The summed E-state index contributed by atoms with van der Waals surface area (Å²) in [5, 5.41) is 3.47.